The maximum atomic E-state index is 12.7. The molecule has 0 amide bonds. The van der Waals surface area contributed by atoms with Crippen LogP contribution in [0.15, 0.2) is 30.3 Å². The fourth-order valence-corrected chi connectivity index (χ4v) is 2.99. The molecule has 0 radical (unpaired) electrons. The van der Waals surface area contributed by atoms with E-state index < -0.39 is 0 Å². The number of aromatic amines is 1. The van der Waals surface area contributed by atoms with Crippen LogP contribution in [-0.4, -0.2) is 15.8 Å². The van der Waals surface area contributed by atoms with Crippen LogP contribution in [0.4, 0.5) is 0 Å². The zero-order valence-corrected chi connectivity index (χ0v) is 11.4. The Morgan fingerprint density at radius 1 is 1.33 bits per heavy atom. The molecule has 1 aromatic carbocycles. The lowest BCUT2D eigenvalue weighted by Gasteiger charge is -2.14. The third kappa shape index (κ3) is 1.55. The Morgan fingerprint density at radius 2 is 2.14 bits per heavy atom. The minimum atomic E-state index is 0.0315. The predicted octanol–water partition coefficient (Wildman–Crippen LogP) is 2.88. The molecule has 0 atom stereocenters. The number of carbonyl (C=O) groups is 1. The molecule has 0 unspecified atom stereocenters. The topological polar surface area (TPSA) is 69.5 Å². The first-order valence-corrected chi connectivity index (χ1v) is 6.74. The van der Waals surface area contributed by atoms with E-state index in [0.717, 1.165) is 27.8 Å². The number of nitriles is 1. The highest BCUT2D eigenvalue weighted by atomic mass is 16.1. The number of aromatic nitrogens is 2. The molecule has 4 heteroatoms. The Hall–Kier alpha value is -2.93. The highest BCUT2D eigenvalue weighted by Crippen LogP contribution is 2.32. The maximum absolute atomic E-state index is 12.7. The Bertz CT molecular complexity index is 960. The lowest BCUT2D eigenvalue weighted by Crippen LogP contribution is -2.13. The lowest BCUT2D eigenvalue weighted by atomic mass is 9.88. The van der Waals surface area contributed by atoms with Gasteiger partial charge in [-0.05, 0) is 24.1 Å². The summed E-state index contributed by atoms with van der Waals surface area (Å²) in [4.78, 5) is 20.3. The monoisotopic (exact) mass is 273 g/mol. The van der Waals surface area contributed by atoms with Gasteiger partial charge in [-0.3, -0.25) is 4.79 Å². The van der Waals surface area contributed by atoms with Crippen molar-refractivity contribution in [3.05, 3.63) is 64.0 Å². The average Bonchev–Trinajstić information content (AvgIpc) is 2.84. The SMILES string of the molecule is Cc1cc2c3c([nH]c2nc1C#N)Cc1ccccc1C3=O. The Morgan fingerprint density at radius 3 is 2.95 bits per heavy atom. The summed E-state index contributed by atoms with van der Waals surface area (Å²) >= 11 is 0. The van der Waals surface area contributed by atoms with E-state index in [4.69, 9.17) is 5.26 Å². The van der Waals surface area contributed by atoms with Gasteiger partial charge in [-0.25, -0.2) is 4.98 Å². The third-order valence-corrected chi connectivity index (χ3v) is 4.02. The zero-order valence-electron chi connectivity index (χ0n) is 11.4. The van der Waals surface area contributed by atoms with Crippen LogP contribution in [0, 0.1) is 18.3 Å². The van der Waals surface area contributed by atoms with Crippen molar-refractivity contribution < 1.29 is 4.79 Å². The summed E-state index contributed by atoms with van der Waals surface area (Å²) in [6.45, 7) is 1.84. The van der Waals surface area contributed by atoms with E-state index in [1.54, 1.807) is 0 Å². The number of H-pyrrole nitrogens is 1. The molecule has 4 nitrogen and oxygen atoms in total. The minimum absolute atomic E-state index is 0.0315. The summed E-state index contributed by atoms with van der Waals surface area (Å²) in [6, 6.07) is 11.6. The van der Waals surface area contributed by atoms with Crippen molar-refractivity contribution in [2.45, 2.75) is 13.3 Å². The number of rotatable bonds is 0. The lowest BCUT2D eigenvalue weighted by molar-refractivity contribution is 0.103. The summed E-state index contributed by atoms with van der Waals surface area (Å²) in [5.74, 6) is 0.0315. The van der Waals surface area contributed by atoms with E-state index in [-0.39, 0.29) is 5.78 Å². The quantitative estimate of drug-likeness (QED) is 0.535. The standard InChI is InChI=1S/C17H11N3O/c1-9-6-12-15-13(19-17(12)20-14(9)8-18)7-10-4-2-3-5-11(10)16(15)21/h2-6H,7H2,1H3,(H,19,20). The second-order valence-corrected chi connectivity index (χ2v) is 5.30. The van der Waals surface area contributed by atoms with Crippen LogP contribution < -0.4 is 0 Å². The first-order valence-electron chi connectivity index (χ1n) is 6.74. The number of carbonyl (C=O) groups excluding carboxylic acids is 1. The van der Waals surface area contributed by atoms with Gasteiger partial charge in [0, 0.05) is 23.1 Å². The van der Waals surface area contributed by atoms with Crippen molar-refractivity contribution in [3.63, 3.8) is 0 Å². The Labute approximate surface area is 121 Å². The van der Waals surface area contributed by atoms with Crippen molar-refractivity contribution in [1.29, 1.82) is 5.26 Å². The summed E-state index contributed by atoms with van der Waals surface area (Å²) in [5.41, 5.74) is 5.17. The number of hydrogen-bond donors (Lipinski definition) is 1. The fraction of sp³-hybridized carbons (Fsp3) is 0.118. The van der Waals surface area contributed by atoms with Gasteiger partial charge in [0.25, 0.3) is 0 Å². The van der Waals surface area contributed by atoms with Crippen LogP contribution in [-0.2, 0) is 6.42 Å². The zero-order chi connectivity index (χ0) is 14.6. The summed E-state index contributed by atoms with van der Waals surface area (Å²) in [7, 11) is 0. The van der Waals surface area contributed by atoms with E-state index in [1.165, 1.54) is 0 Å². The molecule has 0 aliphatic heterocycles. The molecule has 0 saturated carbocycles. The first-order chi connectivity index (χ1) is 10.2. The van der Waals surface area contributed by atoms with E-state index in [1.807, 2.05) is 37.3 Å². The summed E-state index contributed by atoms with van der Waals surface area (Å²) in [5, 5.41) is 9.89. The first kappa shape index (κ1) is 11.9. The van der Waals surface area contributed by atoms with Crippen LogP contribution in [0.1, 0.15) is 38.4 Å². The number of nitrogens with zero attached hydrogens (tertiary/aromatic N) is 2. The molecule has 2 aromatic heterocycles. The van der Waals surface area contributed by atoms with Crippen LogP contribution >= 0.6 is 0 Å². The molecule has 0 fully saturated rings. The van der Waals surface area contributed by atoms with E-state index in [9.17, 15) is 4.79 Å². The molecule has 0 bridgehead atoms. The molecule has 4 rings (SSSR count). The number of pyridine rings is 1. The largest absolute Gasteiger partial charge is 0.342 e. The molecular weight excluding hydrogens is 262 g/mol. The minimum Gasteiger partial charge on any atom is -0.342 e. The van der Waals surface area contributed by atoms with Crippen LogP contribution in [0.2, 0.25) is 0 Å². The van der Waals surface area contributed by atoms with Crippen LogP contribution in [0.25, 0.3) is 11.0 Å². The molecule has 1 aliphatic rings. The molecule has 0 spiro atoms. The molecule has 3 aromatic rings. The van der Waals surface area contributed by atoms with Gasteiger partial charge in [-0.2, -0.15) is 5.26 Å². The molecule has 1 N–H and O–H groups in total. The van der Waals surface area contributed by atoms with Crippen molar-refractivity contribution in [3.8, 4) is 6.07 Å². The molecular formula is C17H11N3O. The summed E-state index contributed by atoms with van der Waals surface area (Å²) < 4.78 is 0. The van der Waals surface area contributed by atoms with Crippen LogP contribution in [0.5, 0.6) is 0 Å². The van der Waals surface area contributed by atoms with Gasteiger partial charge in [0.2, 0.25) is 0 Å². The van der Waals surface area contributed by atoms with Crippen LogP contribution in [0.3, 0.4) is 0 Å². The molecule has 100 valence electrons. The van der Waals surface area contributed by atoms with Gasteiger partial charge in [0.05, 0.1) is 5.56 Å². The van der Waals surface area contributed by atoms with Crippen molar-refractivity contribution in [1.82, 2.24) is 9.97 Å². The summed E-state index contributed by atoms with van der Waals surface area (Å²) in [6.07, 6.45) is 0.689. The van der Waals surface area contributed by atoms with Gasteiger partial charge in [-0.1, -0.05) is 24.3 Å². The smallest absolute Gasteiger partial charge is 0.195 e. The number of nitrogens with one attached hydrogen (secondary N) is 1. The van der Waals surface area contributed by atoms with Gasteiger partial charge in [0.1, 0.15) is 17.4 Å². The molecule has 0 saturated heterocycles. The normalized spacial score (nSPS) is 12.9. The van der Waals surface area contributed by atoms with Gasteiger partial charge >= 0.3 is 0 Å². The fourth-order valence-electron chi connectivity index (χ4n) is 2.99. The van der Waals surface area contributed by atoms with Crippen molar-refractivity contribution >= 4 is 16.8 Å². The Balaban J connectivity index is 2.03. The molecule has 2 heterocycles. The molecule has 21 heavy (non-hydrogen) atoms. The van der Waals surface area contributed by atoms with E-state index in [0.29, 0.717) is 23.3 Å². The second kappa shape index (κ2) is 4.03. The number of fused-ring (bicyclic) bond motifs is 4. The number of hydrogen-bond acceptors (Lipinski definition) is 3. The van der Waals surface area contributed by atoms with Crippen molar-refractivity contribution in [2.75, 3.05) is 0 Å². The highest BCUT2D eigenvalue weighted by molar-refractivity contribution is 6.19. The van der Waals surface area contributed by atoms with Gasteiger partial charge < -0.3 is 4.98 Å². The Kier molecular flexibility index (Phi) is 2.28. The van der Waals surface area contributed by atoms with Gasteiger partial charge in [-0.15, -0.1) is 0 Å². The van der Waals surface area contributed by atoms with E-state index >= 15 is 0 Å². The number of benzene rings is 1. The number of aryl methyl sites for hydroxylation is 1. The maximum Gasteiger partial charge on any atom is 0.195 e. The van der Waals surface area contributed by atoms with Crippen molar-refractivity contribution in [2.24, 2.45) is 0 Å². The average molecular weight is 273 g/mol. The van der Waals surface area contributed by atoms with E-state index in [2.05, 4.69) is 16.0 Å². The highest BCUT2D eigenvalue weighted by Gasteiger charge is 2.27. The second-order valence-electron chi connectivity index (χ2n) is 5.30. The predicted molar refractivity (Wildman–Crippen MR) is 78.2 cm³/mol. The van der Waals surface area contributed by atoms with Gasteiger partial charge in [0.15, 0.2) is 5.78 Å². The number of ketones is 1. The third-order valence-electron chi connectivity index (χ3n) is 4.02. The molecule has 1 aliphatic carbocycles.